The van der Waals surface area contributed by atoms with Crippen LogP contribution in [0, 0.1) is 12.8 Å². The predicted octanol–water partition coefficient (Wildman–Crippen LogP) is 3.07. The van der Waals surface area contributed by atoms with E-state index in [-0.39, 0.29) is 0 Å². The van der Waals surface area contributed by atoms with Crippen LogP contribution in [0.3, 0.4) is 0 Å². The minimum Gasteiger partial charge on any atom is -0.366 e. The molecule has 0 bridgehead atoms. The fourth-order valence-corrected chi connectivity index (χ4v) is 3.51. The highest BCUT2D eigenvalue weighted by molar-refractivity contribution is 5.36. The van der Waals surface area contributed by atoms with Crippen molar-refractivity contribution in [2.45, 2.75) is 45.1 Å². The van der Waals surface area contributed by atoms with E-state index in [1.165, 1.54) is 51.7 Å². The SMILES string of the molecule is Cc1cccc(NC2CCN(CC3CCCC3)C2)n1. The lowest BCUT2D eigenvalue weighted by Crippen LogP contribution is -2.30. The highest BCUT2D eigenvalue weighted by Gasteiger charge is 2.25. The molecule has 0 spiro atoms. The van der Waals surface area contributed by atoms with Crippen molar-refractivity contribution in [2.75, 3.05) is 25.0 Å². The summed E-state index contributed by atoms with van der Waals surface area (Å²) >= 11 is 0. The first-order valence-corrected chi connectivity index (χ1v) is 7.72. The van der Waals surface area contributed by atoms with Crippen LogP contribution in [0.4, 0.5) is 5.82 Å². The zero-order valence-corrected chi connectivity index (χ0v) is 11.9. The second kappa shape index (κ2) is 5.91. The maximum absolute atomic E-state index is 4.54. The molecule has 19 heavy (non-hydrogen) atoms. The lowest BCUT2D eigenvalue weighted by atomic mass is 10.1. The summed E-state index contributed by atoms with van der Waals surface area (Å²) in [5.74, 6) is 2.00. The molecule has 3 nitrogen and oxygen atoms in total. The average molecular weight is 259 g/mol. The van der Waals surface area contributed by atoms with Crippen molar-refractivity contribution in [3.05, 3.63) is 23.9 Å². The number of aryl methyl sites for hydroxylation is 1. The first kappa shape index (κ1) is 12.9. The Labute approximate surface area is 116 Å². The van der Waals surface area contributed by atoms with Gasteiger partial charge in [-0.1, -0.05) is 18.9 Å². The molecule has 3 heteroatoms. The fraction of sp³-hybridized carbons (Fsp3) is 0.688. The number of hydrogen-bond acceptors (Lipinski definition) is 3. The van der Waals surface area contributed by atoms with Crippen LogP contribution in [0.2, 0.25) is 0 Å². The first-order valence-electron chi connectivity index (χ1n) is 7.72. The van der Waals surface area contributed by atoms with Crippen molar-refractivity contribution in [1.29, 1.82) is 0 Å². The van der Waals surface area contributed by atoms with E-state index in [2.05, 4.69) is 27.3 Å². The summed E-state index contributed by atoms with van der Waals surface area (Å²) in [7, 11) is 0. The molecule has 1 saturated carbocycles. The van der Waals surface area contributed by atoms with Crippen LogP contribution in [0.5, 0.6) is 0 Å². The summed E-state index contributed by atoms with van der Waals surface area (Å²) in [6.45, 7) is 5.80. The number of likely N-dealkylation sites (tertiary alicyclic amines) is 1. The van der Waals surface area contributed by atoms with Crippen LogP contribution in [-0.2, 0) is 0 Å². The smallest absolute Gasteiger partial charge is 0.126 e. The average Bonchev–Trinajstić information content (AvgIpc) is 3.02. The van der Waals surface area contributed by atoms with Crippen molar-refractivity contribution in [1.82, 2.24) is 9.88 Å². The molecule has 1 atom stereocenters. The topological polar surface area (TPSA) is 28.2 Å². The Kier molecular flexibility index (Phi) is 4.02. The summed E-state index contributed by atoms with van der Waals surface area (Å²) in [6, 6.07) is 6.78. The Morgan fingerprint density at radius 2 is 2.11 bits per heavy atom. The number of nitrogens with zero attached hydrogens (tertiary/aromatic N) is 2. The van der Waals surface area contributed by atoms with Crippen molar-refractivity contribution in [3.63, 3.8) is 0 Å². The fourth-order valence-electron chi connectivity index (χ4n) is 3.51. The molecular weight excluding hydrogens is 234 g/mol. The van der Waals surface area contributed by atoms with Crippen molar-refractivity contribution in [2.24, 2.45) is 5.92 Å². The van der Waals surface area contributed by atoms with E-state index in [1.54, 1.807) is 0 Å². The molecule has 1 saturated heterocycles. The quantitative estimate of drug-likeness (QED) is 0.900. The van der Waals surface area contributed by atoms with E-state index < -0.39 is 0 Å². The molecule has 2 aliphatic rings. The molecule has 3 rings (SSSR count). The Bertz CT molecular complexity index is 412. The van der Waals surface area contributed by atoms with Crippen molar-refractivity contribution < 1.29 is 0 Å². The van der Waals surface area contributed by atoms with E-state index in [0.717, 1.165) is 17.4 Å². The molecule has 1 aromatic heterocycles. The van der Waals surface area contributed by atoms with Crippen LogP contribution in [0.1, 0.15) is 37.8 Å². The summed E-state index contributed by atoms with van der Waals surface area (Å²) in [6.07, 6.45) is 7.06. The Balaban J connectivity index is 1.48. The maximum atomic E-state index is 4.54. The number of nitrogens with one attached hydrogen (secondary N) is 1. The molecule has 0 amide bonds. The van der Waals surface area contributed by atoms with Gasteiger partial charge in [-0.05, 0) is 44.2 Å². The molecule has 1 aliphatic heterocycles. The monoisotopic (exact) mass is 259 g/mol. The molecule has 1 unspecified atom stereocenters. The van der Waals surface area contributed by atoms with E-state index in [9.17, 15) is 0 Å². The van der Waals surface area contributed by atoms with Gasteiger partial charge in [0.2, 0.25) is 0 Å². The molecule has 0 radical (unpaired) electrons. The number of anilines is 1. The minimum absolute atomic E-state index is 0.579. The van der Waals surface area contributed by atoms with E-state index >= 15 is 0 Å². The van der Waals surface area contributed by atoms with Gasteiger partial charge in [0, 0.05) is 31.4 Å². The van der Waals surface area contributed by atoms with Crippen LogP contribution in [0.15, 0.2) is 18.2 Å². The third-order valence-electron chi connectivity index (χ3n) is 4.50. The predicted molar refractivity (Wildman–Crippen MR) is 79.4 cm³/mol. The lowest BCUT2D eigenvalue weighted by molar-refractivity contribution is 0.278. The highest BCUT2D eigenvalue weighted by Crippen LogP contribution is 2.27. The van der Waals surface area contributed by atoms with Gasteiger partial charge in [-0.25, -0.2) is 4.98 Å². The third-order valence-corrected chi connectivity index (χ3v) is 4.50. The summed E-state index contributed by atoms with van der Waals surface area (Å²) in [5, 5.41) is 3.58. The molecule has 2 heterocycles. The van der Waals surface area contributed by atoms with Crippen molar-refractivity contribution in [3.8, 4) is 0 Å². The van der Waals surface area contributed by atoms with Gasteiger partial charge >= 0.3 is 0 Å². The zero-order valence-electron chi connectivity index (χ0n) is 11.9. The summed E-state index contributed by atoms with van der Waals surface area (Å²) in [5.41, 5.74) is 1.09. The van der Waals surface area contributed by atoms with Gasteiger partial charge in [-0.3, -0.25) is 0 Å². The van der Waals surface area contributed by atoms with Crippen LogP contribution < -0.4 is 5.32 Å². The second-order valence-electron chi connectivity index (χ2n) is 6.20. The van der Waals surface area contributed by atoms with E-state index in [0.29, 0.717) is 6.04 Å². The Hall–Kier alpha value is -1.09. The van der Waals surface area contributed by atoms with Crippen LogP contribution in [0.25, 0.3) is 0 Å². The number of pyridine rings is 1. The highest BCUT2D eigenvalue weighted by atomic mass is 15.2. The maximum Gasteiger partial charge on any atom is 0.126 e. The lowest BCUT2D eigenvalue weighted by Gasteiger charge is -2.20. The van der Waals surface area contributed by atoms with E-state index in [1.807, 2.05) is 13.0 Å². The Morgan fingerprint density at radius 3 is 2.89 bits per heavy atom. The standard InChI is InChI=1S/C16H25N3/c1-13-5-4-8-16(17-13)18-15-9-10-19(12-15)11-14-6-2-3-7-14/h4-5,8,14-15H,2-3,6-7,9-12H2,1H3,(H,17,18). The molecule has 104 valence electrons. The summed E-state index contributed by atoms with van der Waals surface area (Å²) < 4.78 is 0. The van der Waals surface area contributed by atoms with Gasteiger partial charge in [0.05, 0.1) is 0 Å². The van der Waals surface area contributed by atoms with E-state index in [4.69, 9.17) is 0 Å². The first-order chi connectivity index (χ1) is 9.29. The largest absolute Gasteiger partial charge is 0.366 e. The summed E-state index contributed by atoms with van der Waals surface area (Å²) in [4.78, 5) is 7.18. The van der Waals surface area contributed by atoms with Gasteiger partial charge in [0.15, 0.2) is 0 Å². The van der Waals surface area contributed by atoms with Gasteiger partial charge in [0.25, 0.3) is 0 Å². The zero-order chi connectivity index (χ0) is 13.1. The minimum atomic E-state index is 0.579. The van der Waals surface area contributed by atoms with Crippen LogP contribution in [-0.4, -0.2) is 35.6 Å². The molecule has 1 aromatic rings. The normalized spacial score (nSPS) is 25.0. The number of aromatic nitrogens is 1. The second-order valence-corrected chi connectivity index (χ2v) is 6.20. The van der Waals surface area contributed by atoms with Gasteiger partial charge in [-0.2, -0.15) is 0 Å². The Morgan fingerprint density at radius 1 is 1.26 bits per heavy atom. The molecular formula is C16H25N3. The third kappa shape index (κ3) is 3.47. The number of hydrogen-bond donors (Lipinski definition) is 1. The van der Waals surface area contributed by atoms with Crippen LogP contribution >= 0.6 is 0 Å². The van der Waals surface area contributed by atoms with Crippen molar-refractivity contribution >= 4 is 5.82 Å². The molecule has 1 N–H and O–H groups in total. The van der Waals surface area contributed by atoms with Gasteiger partial charge < -0.3 is 10.2 Å². The molecule has 1 aliphatic carbocycles. The van der Waals surface area contributed by atoms with Gasteiger partial charge in [-0.15, -0.1) is 0 Å². The number of rotatable bonds is 4. The molecule has 0 aromatic carbocycles. The molecule has 2 fully saturated rings. The van der Waals surface area contributed by atoms with Gasteiger partial charge in [0.1, 0.15) is 5.82 Å².